The number of hydrogen-bond donors (Lipinski definition) is 0. The smallest absolute Gasteiger partial charge is 0.338 e. The quantitative estimate of drug-likeness (QED) is 0.245. The zero-order valence-electron chi connectivity index (χ0n) is 22.6. The minimum Gasteiger partial charge on any atom is -0.496 e. The summed E-state index contributed by atoms with van der Waals surface area (Å²) in [4.78, 5) is 45.6. The van der Waals surface area contributed by atoms with Crippen molar-refractivity contribution in [1.82, 2.24) is 4.57 Å². The number of thiazole rings is 1. The van der Waals surface area contributed by atoms with Crippen molar-refractivity contribution in [1.29, 1.82) is 0 Å². The maximum atomic E-state index is 14.1. The van der Waals surface area contributed by atoms with E-state index in [9.17, 15) is 19.7 Å². The standard InChI is InChI=1S/C29H30N4O6S/c1-4-39-28(35)25-18(2)30-29-32(26(25)21-10-6-7-11-23(21)38-3)27(34)24(40-29)17-19-16-20(33(36)37)12-13-22(19)31-14-8-5-9-15-31/h6-7,10-13,16-17,26H,4-5,8-9,14-15H2,1-3H3/t26-/m1/s1. The van der Waals surface area contributed by atoms with Gasteiger partial charge in [-0.05, 0) is 51.3 Å². The Balaban J connectivity index is 1.74. The minimum absolute atomic E-state index is 0.0490. The number of nitro benzene ring substituents is 1. The fraction of sp³-hybridized carbons (Fsp3) is 0.345. The number of allylic oxidation sites excluding steroid dienone is 1. The molecule has 5 rings (SSSR count). The van der Waals surface area contributed by atoms with Gasteiger partial charge in [-0.1, -0.05) is 29.5 Å². The topological polar surface area (TPSA) is 116 Å². The summed E-state index contributed by atoms with van der Waals surface area (Å²) >= 11 is 1.18. The van der Waals surface area contributed by atoms with Gasteiger partial charge in [-0.25, -0.2) is 9.79 Å². The molecule has 2 aromatic carbocycles. The molecule has 0 amide bonds. The molecule has 1 fully saturated rings. The Morgan fingerprint density at radius 3 is 2.65 bits per heavy atom. The van der Waals surface area contributed by atoms with Crippen molar-refractivity contribution >= 4 is 34.8 Å². The number of nitro groups is 1. The SMILES string of the molecule is CCOC(=O)C1=C(C)N=c2sc(=Cc3cc([N+](=O)[O-])ccc3N3CCCCC3)c(=O)n2[C@@H]1c1ccccc1OC. The highest BCUT2D eigenvalue weighted by molar-refractivity contribution is 7.07. The second-order valence-electron chi connectivity index (χ2n) is 9.59. The maximum Gasteiger partial charge on any atom is 0.338 e. The molecule has 2 aliphatic heterocycles. The largest absolute Gasteiger partial charge is 0.496 e. The van der Waals surface area contributed by atoms with Gasteiger partial charge in [-0.15, -0.1) is 0 Å². The highest BCUT2D eigenvalue weighted by atomic mass is 32.1. The summed E-state index contributed by atoms with van der Waals surface area (Å²) in [6.07, 6.45) is 4.91. The van der Waals surface area contributed by atoms with Crippen LogP contribution in [-0.4, -0.2) is 42.3 Å². The number of fused-ring (bicyclic) bond motifs is 1. The van der Waals surface area contributed by atoms with Crippen molar-refractivity contribution in [2.45, 2.75) is 39.2 Å². The molecule has 40 heavy (non-hydrogen) atoms. The zero-order chi connectivity index (χ0) is 28.4. The summed E-state index contributed by atoms with van der Waals surface area (Å²) in [6.45, 7) is 5.30. The van der Waals surface area contributed by atoms with E-state index in [0.717, 1.165) is 38.0 Å². The molecule has 11 heteroatoms. The number of non-ortho nitro benzene ring substituents is 1. The highest BCUT2D eigenvalue weighted by Gasteiger charge is 2.35. The first-order chi connectivity index (χ1) is 19.3. The number of piperidine rings is 1. The number of esters is 1. The number of para-hydroxylation sites is 1. The van der Waals surface area contributed by atoms with Gasteiger partial charge in [0.2, 0.25) is 0 Å². The number of hydrogen-bond acceptors (Lipinski definition) is 9. The van der Waals surface area contributed by atoms with E-state index in [4.69, 9.17) is 9.47 Å². The van der Waals surface area contributed by atoms with E-state index in [2.05, 4.69) is 9.89 Å². The van der Waals surface area contributed by atoms with Crippen molar-refractivity contribution < 1.29 is 19.2 Å². The second-order valence-corrected chi connectivity index (χ2v) is 10.6. The fourth-order valence-electron chi connectivity index (χ4n) is 5.31. The van der Waals surface area contributed by atoms with Crippen molar-refractivity contribution in [2.75, 3.05) is 31.7 Å². The third-order valence-electron chi connectivity index (χ3n) is 7.16. The molecule has 3 aromatic rings. The molecule has 3 heterocycles. The number of nitrogens with zero attached hydrogens (tertiary/aromatic N) is 4. The van der Waals surface area contributed by atoms with Crippen LogP contribution in [-0.2, 0) is 9.53 Å². The Hall–Kier alpha value is -4.25. The van der Waals surface area contributed by atoms with E-state index in [0.29, 0.717) is 31.9 Å². The summed E-state index contributed by atoms with van der Waals surface area (Å²) in [5, 5.41) is 11.6. The summed E-state index contributed by atoms with van der Waals surface area (Å²) in [7, 11) is 1.54. The predicted octanol–water partition coefficient (Wildman–Crippen LogP) is 3.71. The average Bonchev–Trinajstić information content (AvgIpc) is 3.26. The fourth-order valence-corrected chi connectivity index (χ4v) is 6.35. The van der Waals surface area contributed by atoms with Crippen molar-refractivity contribution in [2.24, 2.45) is 4.99 Å². The van der Waals surface area contributed by atoms with Gasteiger partial charge < -0.3 is 14.4 Å². The van der Waals surface area contributed by atoms with Gasteiger partial charge in [-0.2, -0.15) is 0 Å². The number of aromatic nitrogens is 1. The van der Waals surface area contributed by atoms with Gasteiger partial charge in [0.15, 0.2) is 4.80 Å². The van der Waals surface area contributed by atoms with E-state index in [1.165, 1.54) is 35.1 Å². The lowest BCUT2D eigenvalue weighted by molar-refractivity contribution is -0.384. The lowest BCUT2D eigenvalue weighted by Gasteiger charge is -2.30. The number of ether oxygens (including phenoxy) is 2. The highest BCUT2D eigenvalue weighted by Crippen LogP contribution is 2.36. The number of benzene rings is 2. The monoisotopic (exact) mass is 562 g/mol. The zero-order valence-corrected chi connectivity index (χ0v) is 23.4. The molecule has 0 N–H and O–H groups in total. The number of carbonyl (C=O) groups excluding carboxylic acids is 1. The lowest BCUT2D eigenvalue weighted by Crippen LogP contribution is -2.40. The number of methoxy groups -OCH3 is 1. The predicted molar refractivity (Wildman–Crippen MR) is 153 cm³/mol. The van der Waals surface area contributed by atoms with Crippen molar-refractivity contribution in [3.63, 3.8) is 0 Å². The van der Waals surface area contributed by atoms with E-state index >= 15 is 0 Å². The van der Waals surface area contributed by atoms with Gasteiger partial charge in [0, 0.05) is 42.0 Å². The molecule has 10 nitrogen and oxygen atoms in total. The Morgan fingerprint density at radius 1 is 1.20 bits per heavy atom. The molecule has 2 aliphatic rings. The van der Waals surface area contributed by atoms with Gasteiger partial charge in [0.1, 0.15) is 11.8 Å². The molecule has 1 atom stereocenters. The van der Waals surface area contributed by atoms with Gasteiger partial charge >= 0.3 is 5.97 Å². The van der Waals surface area contributed by atoms with E-state index in [1.54, 1.807) is 32.1 Å². The summed E-state index contributed by atoms with van der Waals surface area (Å²) in [5.41, 5.74) is 2.37. The van der Waals surface area contributed by atoms with Crippen LogP contribution in [0.4, 0.5) is 11.4 Å². The molecule has 208 valence electrons. The molecular formula is C29H30N4O6S. The lowest BCUT2D eigenvalue weighted by atomic mass is 9.95. The van der Waals surface area contributed by atoms with Crippen LogP contribution in [0.15, 0.2) is 63.5 Å². The Kier molecular flexibility index (Phi) is 7.83. The third-order valence-corrected chi connectivity index (χ3v) is 8.14. The van der Waals surface area contributed by atoms with E-state index in [-0.39, 0.29) is 23.4 Å². The summed E-state index contributed by atoms with van der Waals surface area (Å²) in [6, 6.07) is 11.2. The molecular weight excluding hydrogens is 532 g/mol. The van der Waals surface area contributed by atoms with Crippen LogP contribution in [0.25, 0.3) is 6.08 Å². The average molecular weight is 563 g/mol. The minimum atomic E-state index is -0.819. The van der Waals surface area contributed by atoms with Gasteiger partial charge in [0.05, 0.1) is 34.4 Å². The van der Waals surface area contributed by atoms with E-state index in [1.807, 2.05) is 18.2 Å². The first-order valence-electron chi connectivity index (χ1n) is 13.2. The molecule has 0 saturated carbocycles. The maximum absolute atomic E-state index is 14.1. The van der Waals surface area contributed by atoms with Crippen molar-refractivity contribution in [3.8, 4) is 5.75 Å². The van der Waals surface area contributed by atoms with Crippen LogP contribution in [0.5, 0.6) is 5.75 Å². The first-order valence-corrected chi connectivity index (χ1v) is 14.0. The Bertz CT molecular complexity index is 1680. The van der Waals surface area contributed by atoms with Crippen LogP contribution in [0.1, 0.15) is 50.3 Å². The van der Waals surface area contributed by atoms with Crippen LogP contribution < -0.4 is 24.5 Å². The summed E-state index contributed by atoms with van der Waals surface area (Å²) in [5.74, 6) is -0.0374. The number of carbonyl (C=O) groups is 1. The van der Waals surface area contributed by atoms with Crippen molar-refractivity contribution in [3.05, 3.63) is 94.7 Å². The molecule has 0 radical (unpaired) electrons. The Labute approximate surface area is 234 Å². The number of rotatable bonds is 7. The van der Waals surface area contributed by atoms with Crippen LogP contribution in [0, 0.1) is 10.1 Å². The number of anilines is 1. The molecule has 0 bridgehead atoms. The molecule has 1 saturated heterocycles. The third kappa shape index (κ3) is 5.04. The molecule has 0 unspecified atom stereocenters. The van der Waals surface area contributed by atoms with Gasteiger partial charge in [0.25, 0.3) is 11.2 Å². The van der Waals surface area contributed by atoms with Crippen LogP contribution >= 0.6 is 11.3 Å². The van der Waals surface area contributed by atoms with Gasteiger partial charge in [-0.3, -0.25) is 19.5 Å². The van der Waals surface area contributed by atoms with Crippen LogP contribution in [0.3, 0.4) is 0 Å². The summed E-state index contributed by atoms with van der Waals surface area (Å²) < 4.78 is 12.8. The molecule has 1 aromatic heterocycles. The molecule has 0 spiro atoms. The second kappa shape index (κ2) is 11.5. The van der Waals surface area contributed by atoms with Crippen LogP contribution in [0.2, 0.25) is 0 Å². The normalized spacial score (nSPS) is 17.3. The Morgan fingerprint density at radius 2 is 1.95 bits per heavy atom. The van der Waals surface area contributed by atoms with E-state index < -0.39 is 16.9 Å². The first kappa shape index (κ1) is 27.3. The molecule has 0 aliphatic carbocycles.